The fourth-order valence-electron chi connectivity index (χ4n) is 2.80. The third kappa shape index (κ3) is 4.23. The van der Waals surface area contributed by atoms with Crippen LogP contribution in [0.15, 0.2) is 36.4 Å². The molecular formula is C18H20ClN3O2. The van der Waals surface area contributed by atoms with Crippen molar-refractivity contribution < 1.29 is 9.53 Å². The third-order valence-corrected chi connectivity index (χ3v) is 4.46. The molecule has 2 heterocycles. The summed E-state index contributed by atoms with van der Waals surface area (Å²) in [5, 5.41) is 8.65. The number of benzene rings is 1. The van der Waals surface area contributed by atoms with E-state index in [4.69, 9.17) is 16.3 Å². The van der Waals surface area contributed by atoms with Crippen molar-refractivity contribution in [1.82, 2.24) is 15.1 Å². The smallest absolute Gasteiger partial charge is 0.233 e. The van der Waals surface area contributed by atoms with E-state index in [0.29, 0.717) is 23.9 Å². The summed E-state index contributed by atoms with van der Waals surface area (Å²) in [5.74, 6) is 0.581. The Morgan fingerprint density at radius 2 is 2.12 bits per heavy atom. The number of aryl methyl sites for hydroxylation is 1. The van der Waals surface area contributed by atoms with Crippen molar-refractivity contribution in [3.63, 3.8) is 0 Å². The van der Waals surface area contributed by atoms with Gasteiger partial charge in [-0.1, -0.05) is 29.8 Å². The Labute approximate surface area is 146 Å². The summed E-state index contributed by atoms with van der Waals surface area (Å²) in [5.41, 5.74) is 1.71. The van der Waals surface area contributed by atoms with Crippen LogP contribution in [0.2, 0.25) is 5.02 Å². The molecule has 5 nitrogen and oxygen atoms in total. The van der Waals surface area contributed by atoms with E-state index in [1.807, 2.05) is 48.2 Å². The molecule has 0 aliphatic carbocycles. The van der Waals surface area contributed by atoms with Crippen molar-refractivity contribution in [2.45, 2.75) is 32.3 Å². The van der Waals surface area contributed by atoms with E-state index in [0.717, 1.165) is 30.6 Å². The van der Waals surface area contributed by atoms with Gasteiger partial charge >= 0.3 is 0 Å². The van der Waals surface area contributed by atoms with Crippen LogP contribution in [0.1, 0.15) is 24.1 Å². The number of halogens is 1. The van der Waals surface area contributed by atoms with Gasteiger partial charge in [0.25, 0.3) is 0 Å². The number of carbonyl (C=O) groups excluding carboxylic acids is 1. The van der Waals surface area contributed by atoms with Crippen LogP contribution in [0.5, 0.6) is 5.88 Å². The van der Waals surface area contributed by atoms with Crippen molar-refractivity contribution in [2.75, 3.05) is 13.1 Å². The van der Waals surface area contributed by atoms with Gasteiger partial charge in [0.05, 0.1) is 18.7 Å². The third-order valence-electron chi connectivity index (χ3n) is 4.09. The van der Waals surface area contributed by atoms with Crippen LogP contribution in [0.3, 0.4) is 0 Å². The van der Waals surface area contributed by atoms with Crippen LogP contribution >= 0.6 is 11.6 Å². The van der Waals surface area contributed by atoms with Crippen molar-refractivity contribution in [2.24, 2.45) is 0 Å². The minimum Gasteiger partial charge on any atom is -0.471 e. The second-order valence-electron chi connectivity index (χ2n) is 6.00. The molecule has 0 radical (unpaired) electrons. The predicted octanol–water partition coefficient (Wildman–Crippen LogP) is 3.05. The zero-order chi connectivity index (χ0) is 16.9. The second kappa shape index (κ2) is 7.62. The van der Waals surface area contributed by atoms with Crippen LogP contribution in [-0.4, -0.2) is 40.2 Å². The molecule has 0 bridgehead atoms. The lowest BCUT2D eigenvalue weighted by molar-refractivity contribution is -0.133. The van der Waals surface area contributed by atoms with Crippen LogP contribution < -0.4 is 4.74 Å². The fourth-order valence-corrected chi connectivity index (χ4v) is 3.00. The minimum atomic E-state index is -0.0500. The van der Waals surface area contributed by atoms with E-state index in [1.165, 1.54) is 0 Å². The normalized spacial score (nSPS) is 17.6. The lowest BCUT2D eigenvalue weighted by Crippen LogP contribution is -2.45. The van der Waals surface area contributed by atoms with Gasteiger partial charge in [-0.2, -0.15) is 5.10 Å². The molecule has 1 unspecified atom stereocenters. The first-order chi connectivity index (χ1) is 11.6. The van der Waals surface area contributed by atoms with Crippen molar-refractivity contribution in [3.8, 4) is 5.88 Å². The first-order valence-electron chi connectivity index (χ1n) is 8.10. The number of aromatic nitrogens is 2. The summed E-state index contributed by atoms with van der Waals surface area (Å²) in [4.78, 5) is 14.4. The van der Waals surface area contributed by atoms with E-state index in [2.05, 4.69) is 10.2 Å². The Morgan fingerprint density at radius 1 is 1.29 bits per heavy atom. The van der Waals surface area contributed by atoms with E-state index in [9.17, 15) is 4.79 Å². The van der Waals surface area contributed by atoms with Crippen LogP contribution in [-0.2, 0) is 11.2 Å². The van der Waals surface area contributed by atoms with Gasteiger partial charge in [-0.15, -0.1) is 5.10 Å². The molecule has 2 aromatic rings. The Morgan fingerprint density at radius 3 is 2.88 bits per heavy atom. The Balaban J connectivity index is 1.59. The van der Waals surface area contributed by atoms with Gasteiger partial charge in [-0.05, 0) is 37.5 Å². The van der Waals surface area contributed by atoms with E-state index < -0.39 is 0 Å². The number of carbonyl (C=O) groups is 1. The summed E-state index contributed by atoms with van der Waals surface area (Å²) < 4.78 is 5.87. The molecule has 1 atom stereocenters. The number of amides is 1. The molecule has 1 amide bonds. The molecule has 1 aromatic carbocycles. The first kappa shape index (κ1) is 16.7. The first-order valence-corrected chi connectivity index (χ1v) is 8.48. The van der Waals surface area contributed by atoms with Crippen LogP contribution in [0.25, 0.3) is 0 Å². The molecule has 1 aliphatic heterocycles. The summed E-state index contributed by atoms with van der Waals surface area (Å²) in [6, 6.07) is 11.1. The van der Waals surface area contributed by atoms with Gasteiger partial charge in [0, 0.05) is 17.6 Å². The SMILES string of the molecule is Cc1ccc(OC2CCCN(C(=O)Cc3ccccc3Cl)C2)nn1. The number of piperidine rings is 1. The van der Waals surface area contributed by atoms with Gasteiger partial charge in [0.2, 0.25) is 11.8 Å². The maximum absolute atomic E-state index is 12.5. The number of ether oxygens (including phenoxy) is 1. The minimum absolute atomic E-state index is 0.0500. The second-order valence-corrected chi connectivity index (χ2v) is 6.41. The highest BCUT2D eigenvalue weighted by Gasteiger charge is 2.25. The molecule has 0 saturated carbocycles. The molecule has 1 aliphatic rings. The summed E-state index contributed by atoms with van der Waals surface area (Å²) in [7, 11) is 0. The Kier molecular flexibility index (Phi) is 5.30. The zero-order valence-electron chi connectivity index (χ0n) is 13.6. The number of hydrogen-bond acceptors (Lipinski definition) is 4. The highest BCUT2D eigenvalue weighted by molar-refractivity contribution is 6.31. The largest absolute Gasteiger partial charge is 0.471 e. The topological polar surface area (TPSA) is 55.3 Å². The van der Waals surface area contributed by atoms with Gasteiger partial charge in [0.1, 0.15) is 6.10 Å². The van der Waals surface area contributed by atoms with Gasteiger partial charge in [-0.3, -0.25) is 4.79 Å². The molecule has 24 heavy (non-hydrogen) atoms. The quantitative estimate of drug-likeness (QED) is 0.854. The number of likely N-dealkylation sites (tertiary alicyclic amines) is 1. The lowest BCUT2D eigenvalue weighted by Gasteiger charge is -2.32. The standard InChI is InChI=1S/C18H20ClN3O2/c1-13-8-9-17(21-20-13)24-15-6-4-10-22(12-15)18(23)11-14-5-2-3-7-16(14)19/h2-3,5,7-9,15H,4,6,10-12H2,1H3. The maximum Gasteiger partial charge on any atom is 0.233 e. The average Bonchev–Trinajstić information content (AvgIpc) is 2.59. The lowest BCUT2D eigenvalue weighted by atomic mass is 10.1. The molecule has 1 saturated heterocycles. The van der Waals surface area contributed by atoms with Crippen molar-refractivity contribution in [1.29, 1.82) is 0 Å². The highest BCUT2D eigenvalue weighted by atomic mass is 35.5. The van der Waals surface area contributed by atoms with Gasteiger partial charge in [0.15, 0.2) is 0 Å². The average molecular weight is 346 g/mol. The summed E-state index contributed by atoms with van der Waals surface area (Å²) in [6.07, 6.45) is 2.09. The predicted molar refractivity (Wildman–Crippen MR) is 92.2 cm³/mol. The van der Waals surface area contributed by atoms with Crippen LogP contribution in [0.4, 0.5) is 0 Å². The maximum atomic E-state index is 12.5. The molecule has 0 N–H and O–H groups in total. The van der Waals surface area contributed by atoms with Crippen molar-refractivity contribution in [3.05, 3.63) is 52.7 Å². The molecule has 6 heteroatoms. The van der Waals surface area contributed by atoms with E-state index in [1.54, 1.807) is 0 Å². The molecule has 3 rings (SSSR count). The van der Waals surface area contributed by atoms with E-state index in [-0.39, 0.29) is 12.0 Å². The fraction of sp³-hybridized carbons (Fsp3) is 0.389. The number of hydrogen-bond donors (Lipinski definition) is 0. The molecule has 0 spiro atoms. The Bertz CT molecular complexity index is 706. The highest BCUT2D eigenvalue weighted by Crippen LogP contribution is 2.20. The summed E-state index contributed by atoms with van der Waals surface area (Å²) >= 11 is 6.15. The molecule has 1 fully saturated rings. The van der Waals surface area contributed by atoms with Crippen molar-refractivity contribution >= 4 is 17.5 Å². The van der Waals surface area contributed by atoms with E-state index >= 15 is 0 Å². The molecule has 1 aromatic heterocycles. The molecule has 126 valence electrons. The van der Waals surface area contributed by atoms with Crippen LogP contribution in [0, 0.1) is 6.92 Å². The number of nitrogens with zero attached hydrogens (tertiary/aromatic N) is 3. The monoisotopic (exact) mass is 345 g/mol. The van der Waals surface area contributed by atoms with Gasteiger partial charge < -0.3 is 9.64 Å². The Hall–Kier alpha value is -2.14. The van der Waals surface area contributed by atoms with Gasteiger partial charge in [-0.25, -0.2) is 0 Å². The molecular weight excluding hydrogens is 326 g/mol. The number of rotatable bonds is 4. The summed E-state index contributed by atoms with van der Waals surface area (Å²) in [6.45, 7) is 3.20. The zero-order valence-corrected chi connectivity index (χ0v) is 14.4.